The molecule has 0 bridgehead atoms. The Morgan fingerprint density at radius 3 is 2.70 bits per heavy atom. The van der Waals surface area contributed by atoms with Crippen molar-refractivity contribution in [1.82, 2.24) is 10.3 Å². The summed E-state index contributed by atoms with van der Waals surface area (Å²) in [5.41, 5.74) is 1.46. The quantitative estimate of drug-likeness (QED) is 0.805. The number of aromatic nitrogens is 1. The maximum atomic E-state index is 5.01. The molecule has 2 aliphatic rings. The summed E-state index contributed by atoms with van der Waals surface area (Å²) in [4.78, 5) is 5.01. The molecule has 1 aromatic heterocycles. The van der Waals surface area contributed by atoms with Crippen molar-refractivity contribution in [1.29, 1.82) is 0 Å². The average Bonchev–Trinajstić information content (AvgIpc) is 3.11. The molecule has 1 N–H and O–H groups in total. The molecule has 2 atom stereocenters. The summed E-state index contributed by atoms with van der Waals surface area (Å²) in [6.07, 6.45) is 9.35. The third-order valence-corrected chi connectivity index (χ3v) is 6.01. The third-order valence-electron chi connectivity index (χ3n) is 4.95. The van der Waals surface area contributed by atoms with Gasteiger partial charge in [-0.15, -0.1) is 11.3 Å². The van der Waals surface area contributed by atoms with Crippen LogP contribution >= 0.6 is 11.3 Å². The van der Waals surface area contributed by atoms with Crippen molar-refractivity contribution in [2.45, 2.75) is 83.2 Å². The van der Waals surface area contributed by atoms with E-state index in [0.29, 0.717) is 5.92 Å². The Kier molecular flexibility index (Phi) is 4.19. The summed E-state index contributed by atoms with van der Waals surface area (Å²) in [6.45, 7) is 6.90. The predicted molar refractivity (Wildman–Crippen MR) is 86.3 cm³/mol. The molecule has 2 saturated carbocycles. The van der Waals surface area contributed by atoms with Crippen LogP contribution in [0.4, 0.5) is 0 Å². The van der Waals surface area contributed by atoms with Gasteiger partial charge < -0.3 is 5.32 Å². The second kappa shape index (κ2) is 5.76. The lowest BCUT2D eigenvalue weighted by molar-refractivity contribution is 0.281. The Morgan fingerprint density at radius 2 is 2.05 bits per heavy atom. The lowest BCUT2D eigenvalue weighted by Gasteiger charge is -2.32. The number of rotatable bonds is 4. The fraction of sp³-hybridized carbons (Fsp3) is 0.824. The van der Waals surface area contributed by atoms with E-state index in [0.717, 1.165) is 12.0 Å². The second-order valence-electron chi connectivity index (χ2n) is 7.27. The third kappa shape index (κ3) is 3.09. The normalized spacial score (nSPS) is 31.5. The zero-order valence-corrected chi connectivity index (χ0v) is 13.9. The highest BCUT2D eigenvalue weighted by Gasteiger charge is 2.40. The number of hydrogen-bond donors (Lipinski definition) is 1. The van der Waals surface area contributed by atoms with E-state index in [1.54, 1.807) is 0 Å². The lowest BCUT2D eigenvalue weighted by atomic mass is 9.90. The Hall–Kier alpha value is -0.410. The van der Waals surface area contributed by atoms with Crippen LogP contribution < -0.4 is 5.32 Å². The van der Waals surface area contributed by atoms with Crippen LogP contribution in [0.15, 0.2) is 5.38 Å². The minimum Gasteiger partial charge on any atom is -0.303 e. The molecule has 0 aromatic carbocycles. The Bertz CT molecular complexity index is 450. The molecule has 0 saturated heterocycles. The number of nitrogens with one attached hydrogen (secondary N) is 1. The van der Waals surface area contributed by atoms with Crippen molar-refractivity contribution < 1.29 is 0 Å². The zero-order valence-electron chi connectivity index (χ0n) is 13.1. The molecule has 2 fully saturated rings. The Labute approximate surface area is 127 Å². The van der Waals surface area contributed by atoms with Gasteiger partial charge in [-0.25, -0.2) is 4.98 Å². The summed E-state index contributed by atoms with van der Waals surface area (Å²) in [7, 11) is 0. The van der Waals surface area contributed by atoms with Crippen LogP contribution in [0.3, 0.4) is 0 Å². The number of hydrogen-bond acceptors (Lipinski definition) is 3. The van der Waals surface area contributed by atoms with E-state index in [1.807, 2.05) is 11.3 Å². The molecule has 3 heteroatoms. The standard InChI is InChI=1S/C17H28N2S/c1-12(2)15-11-20-16(18-15)17(19-14-6-7-14)9-4-5-13(3)8-10-17/h11-14,19H,4-10H2,1-3H3. The number of thiazole rings is 1. The summed E-state index contributed by atoms with van der Waals surface area (Å²) in [5, 5.41) is 7.63. The van der Waals surface area contributed by atoms with Gasteiger partial charge in [-0.05, 0) is 43.9 Å². The van der Waals surface area contributed by atoms with E-state index in [2.05, 4.69) is 31.5 Å². The Balaban J connectivity index is 1.86. The maximum Gasteiger partial charge on any atom is 0.113 e. The van der Waals surface area contributed by atoms with Crippen molar-refractivity contribution >= 4 is 11.3 Å². The van der Waals surface area contributed by atoms with E-state index in [4.69, 9.17) is 4.98 Å². The topological polar surface area (TPSA) is 24.9 Å². The first-order chi connectivity index (χ1) is 9.59. The molecular weight excluding hydrogens is 264 g/mol. The van der Waals surface area contributed by atoms with Gasteiger partial charge in [0.25, 0.3) is 0 Å². The van der Waals surface area contributed by atoms with E-state index < -0.39 is 0 Å². The molecule has 0 aliphatic heterocycles. The smallest absolute Gasteiger partial charge is 0.113 e. The predicted octanol–water partition coefficient (Wildman–Crippen LogP) is 4.81. The fourth-order valence-corrected chi connectivity index (χ4v) is 4.53. The fourth-order valence-electron chi connectivity index (χ4n) is 3.32. The van der Waals surface area contributed by atoms with Crippen LogP contribution in [0, 0.1) is 5.92 Å². The number of nitrogens with zero attached hydrogens (tertiary/aromatic N) is 1. The zero-order chi connectivity index (χ0) is 14.2. The summed E-state index contributed by atoms with van der Waals surface area (Å²) in [6, 6.07) is 0.759. The molecule has 2 nitrogen and oxygen atoms in total. The molecule has 0 amide bonds. The molecular formula is C17H28N2S. The summed E-state index contributed by atoms with van der Waals surface area (Å²) < 4.78 is 0. The van der Waals surface area contributed by atoms with Crippen LogP contribution in [0.2, 0.25) is 0 Å². The molecule has 2 aliphatic carbocycles. The highest BCUT2D eigenvalue weighted by molar-refractivity contribution is 7.09. The van der Waals surface area contributed by atoms with Crippen LogP contribution in [-0.4, -0.2) is 11.0 Å². The first-order valence-electron chi connectivity index (χ1n) is 8.33. The van der Waals surface area contributed by atoms with Gasteiger partial charge in [0.2, 0.25) is 0 Å². The highest BCUT2D eigenvalue weighted by atomic mass is 32.1. The van der Waals surface area contributed by atoms with Crippen molar-refractivity contribution in [2.75, 3.05) is 0 Å². The van der Waals surface area contributed by atoms with Crippen molar-refractivity contribution in [2.24, 2.45) is 5.92 Å². The van der Waals surface area contributed by atoms with E-state index in [-0.39, 0.29) is 5.54 Å². The summed E-state index contributed by atoms with van der Waals surface area (Å²) >= 11 is 1.89. The molecule has 0 radical (unpaired) electrons. The summed E-state index contributed by atoms with van der Waals surface area (Å²) in [5.74, 6) is 1.42. The largest absolute Gasteiger partial charge is 0.303 e. The van der Waals surface area contributed by atoms with Gasteiger partial charge in [0.05, 0.1) is 11.2 Å². The highest BCUT2D eigenvalue weighted by Crippen LogP contribution is 2.42. The monoisotopic (exact) mass is 292 g/mol. The van der Waals surface area contributed by atoms with Crippen LogP contribution in [0.1, 0.15) is 82.3 Å². The van der Waals surface area contributed by atoms with Gasteiger partial charge in [0, 0.05) is 11.4 Å². The van der Waals surface area contributed by atoms with Crippen LogP contribution in [0.25, 0.3) is 0 Å². The van der Waals surface area contributed by atoms with Gasteiger partial charge >= 0.3 is 0 Å². The van der Waals surface area contributed by atoms with E-state index >= 15 is 0 Å². The maximum absolute atomic E-state index is 5.01. The molecule has 20 heavy (non-hydrogen) atoms. The van der Waals surface area contributed by atoms with Gasteiger partial charge in [-0.3, -0.25) is 0 Å². The van der Waals surface area contributed by atoms with Crippen molar-refractivity contribution in [3.8, 4) is 0 Å². The first-order valence-corrected chi connectivity index (χ1v) is 9.20. The van der Waals surface area contributed by atoms with E-state index in [1.165, 1.54) is 55.6 Å². The lowest BCUT2D eigenvalue weighted by Crippen LogP contribution is -2.43. The molecule has 2 unspecified atom stereocenters. The molecule has 3 rings (SSSR count). The molecule has 1 heterocycles. The van der Waals surface area contributed by atoms with Gasteiger partial charge in [-0.1, -0.05) is 33.6 Å². The van der Waals surface area contributed by atoms with E-state index in [9.17, 15) is 0 Å². The Morgan fingerprint density at radius 1 is 1.25 bits per heavy atom. The minimum atomic E-state index is 0.184. The minimum absolute atomic E-state index is 0.184. The van der Waals surface area contributed by atoms with Crippen LogP contribution in [0.5, 0.6) is 0 Å². The second-order valence-corrected chi connectivity index (χ2v) is 8.13. The van der Waals surface area contributed by atoms with Gasteiger partial charge in [0.15, 0.2) is 0 Å². The molecule has 112 valence electrons. The SMILES string of the molecule is CC1CCCC(NC2CC2)(c2nc(C(C)C)cs2)CC1. The van der Waals surface area contributed by atoms with Crippen molar-refractivity contribution in [3.05, 3.63) is 16.1 Å². The molecule has 0 spiro atoms. The average molecular weight is 292 g/mol. The van der Waals surface area contributed by atoms with Gasteiger partial charge in [0.1, 0.15) is 5.01 Å². The van der Waals surface area contributed by atoms with Crippen LogP contribution in [-0.2, 0) is 5.54 Å². The molecule has 1 aromatic rings. The first kappa shape index (κ1) is 14.5. The van der Waals surface area contributed by atoms with Gasteiger partial charge in [-0.2, -0.15) is 0 Å². The van der Waals surface area contributed by atoms with Crippen molar-refractivity contribution in [3.63, 3.8) is 0 Å².